The molecule has 43 heavy (non-hydrogen) atoms. The quantitative estimate of drug-likeness (QED) is 0.182. The number of aromatic nitrogens is 2. The van der Waals surface area contributed by atoms with E-state index in [0.29, 0.717) is 0 Å². The SMILES string of the molecule is CO[C@H]1[C@@H](O)[C@H](n2ccc(=O)[nH]c2=O)O[C@@H]1[C@H](O[C@@H]1OC(C(=O)Nc2ccc(OC(F)(F)F)cc2)=C[C@H](O)[C@@H]1O)C(N)=O. The van der Waals surface area contributed by atoms with Crippen molar-refractivity contribution in [1.82, 2.24) is 9.55 Å². The van der Waals surface area contributed by atoms with Crippen LogP contribution < -0.4 is 27.0 Å². The van der Waals surface area contributed by atoms with E-state index in [1.54, 1.807) is 0 Å². The lowest BCUT2D eigenvalue weighted by molar-refractivity contribution is -0.274. The molecule has 4 rings (SSSR count). The summed E-state index contributed by atoms with van der Waals surface area (Å²) in [4.78, 5) is 50.8. The Morgan fingerprint density at radius 2 is 1.79 bits per heavy atom. The molecule has 19 heteroatoms. The number of hydrogen-bond acceptors (Lipinski definition) is 12. The van der Waals surface area contributed by atoms with E-state index in [1.165, 1.54) is 0 Å². The normalized spacial score (nSPS) is 28.0. The second kappa shape index (κ2) is 12.5. The molecular weight excluding hydrogens is 593 g/mol. The molecule has 8 atom stereocenters. The Labute approximate surface area is 238 Å². The average Bonchev–Trinajstić information content (AvgIpc) is 3.24. The molecule has 1 aromatic heterocycles. The summed E-state index contributed by atoms with van der Waals surface area (Å²) in [7, 11) is 1.14. The van der Waals surface area contributed by atoms with Gasteiger partial charge in [0.05, 0.1) is 0 Å². The van der Waals surface area contributed by atoms with Crippen molar-refractivity contribution in [2.24, 2.45) is 5.73 Å². The van der Waals surface area contributed by atoms with Crippen molar-refractivity contribution in [1.29, 1.82) is 0 Å². The topological polar surface area (TPSA) is 234 Å². The predicted octanol–water partition coefficient (Wildman–Crippen LogP) is -1.82. The van der Waals surface area contributed by atoms with Crippen LogP contribution in [0.2, 0.25) is 0 Å². The van der Waals surface area contributed by atoms with Gasteiger partial charge in [-0.25, -0.2) is 4.79 Å². The Bertz CT molecular complexity index is 1480. The first-order valence-electron chi connectivity index (χ1n) is 12.2. The minimum Gasteiger partial charge on any atom is -0.456 e. The maximum absolute atomic E-state index is 12.8. The van der Waals surface area contributed by atoms with Gasteiger partial charge in [-0.3, -0.25) is 23.9 Å². The molecule has 0 aliphatic carbocycles. The number of ether oxygens (including phenoxy) is 5. The summed E-state index contributed by atoms with van der Waals surface area (Å²) >= 11 is 0. The van der Waals surface area contributed by atoms with Gasteiger partial charge in [-0.1, -0.05) is 0 Å². The first-order valence-corrected chi connectivity index (χ1v) is 12.2. The lowest BCUT2D eigenvalue weighted by Crippen LogP contribution is -2.53. The minimum absolute atomic E-state index is 0.00284. The summed E-state index contributed by atoms with van der Waals surface area (Å²) in [5, 5.41) is 33.8. The number of carbonyl (C=O) groups is 2. The van der Waals surface area contributed by atoms with E-state index in [0.717, 1.165) is 54.3 Å². The molecule has 2 aliphatic heterocycles. The Morgan fingerprint density at radius 1 is 1.12 bits per heavy atom. The number of hydrogen-bond donors (Lipinski definition) is 6. The average molecular weight is 618 g/mol. The number of alkyl halides is 3. The van der Waals surface area contributed by atoms with Crippen molar-refractivity contribution in [3.8, 4) is 5.75 Å². The Hall–Kier alpha value is -4.27. The van der Waals surface area contributed by atoms with Gasteiger partial charge >= 0.3 is 12.1 Å². The van der Waals surface area contributed by atoms with E-state index in [-0.39, 0.29) is 5.69 Å². The van der Waals surface area contributed by atoms with Crippen molar-refractivity contribution in [2.75, 3.05) is 12.4 Å². The van der Waals surface area contributed by atoms with Crippen molar-refractivity contribution in [3.05, 3.63) is 69.2 Å². The fourth-order valence-corrected chi connectivity index (χ4v) is 4.32. The van der Waals surface area contributed by atoms with Crippen LogP contribution in [0.4, 0.5) is 18.9 Å². The van der Waals surface area contributed by atoms with Gasteiger partial charge in [0.2, 0.25) is 12.2 Å². The van der Waals surface area contributed by atoms with E-state index in [1.807, 2.05) is 4.98 Å². The van der Waals surface area contributed by atoms with E-state index >= 15 is 0 Å². The highest BCUT2D eigenvalue weighted by Crippen LogP contribution is 2.34. The third kappa shape index (κ3) is 7.21. The highest BCUT2D eigenvalue weighted by molar-refractivity contribution is 6.02. The summed E-state index contributed by atoms with van der Waals surface area (Å²) in [6, 6.07) is 5.01. The summed E-state index contributed by atoms with van der Waals surface area (Å²) in [5.74, 6) is -3.42. The summed E-state index contributed by atoms with van der Waals surface area (Å²) in [5.41, 5.74) is 3.80. The van der Waals surface area contributed by atoms with Gasteiger partial charge in [0, 0.05) is 25.1 Å². The second-order valence-electron chi connectivity index (χ2n) is 9.18. The number of aromatic amines is 1. The molecule has 1 saturated heterocycles. The molecule has 0 radical (unpaired) electrons. The van der Waals surface area contributed by atoms with Gasteiger partial charge in [0.15, 0.2) is 18.1 Å². The molecule has 2 aromatic rings. The van der Waals surface area contributed by atoms with Crippen LogP contribution in [0.1, 0.15) is 6.23 Å². The Kier molecular flexibility index (Phi) is 9.23. The van der Waals surface area contributed by atoms with E-state index in [4.69, 9.17) is 24.7 Å². The lowest BCUT2D eigenvalue weighted by atomic mass is 10.0. The van der Waals surface area contributed by atoms with E-state index < -0.39 is 90.1 Å². The smallest absolute Gasteiger partial charge is 0.456 e. The molecule has 3 heterocycles. The van der Waals surface area contributed by atoms with Crippen LogP contribution in [-0.4, -0.2) is 93.1 Å². The molecule has 0 saturated carbocycles. The monoisotopic (exact) mass is 618 g/mol. The first-order chi connectivity index (χ1) is 20.2. The molecule has 234 valence electrons. The number of rotatable bonds is 9. The maximum atomic E-state index is 12.8. The molecule has 16 nitrogen and oxygen atoms in total. The first kappa shape index (κ1) is 31.7. The number of methoxy groups -OCH3 is 1. The minimum atomic E-state index is -4.92. The lowest BCUT2D eigenvalue weighted by Gasteiger charge is -2.35. The number of nitrogens with two attached hydrogens (primary N) is 1. The summed E-state index contributed by atoms with van der Waals surface area (Å²) < 4.78 is 63.5. The van der Waals surface area contributed by atoms with Gasteiger partial charge in [-0.15, -0.1) is 13.2 Å². The number of H-pyrrole nitrogens is 1. The number of carbonyl (C=O) groups excluding carboxylic acids is 2. The number of nitrogens with one attached hydrogen (secondary N) is 2. The zero-order chi connectivity index (χ0) is 31.6. The third-order valence-electron chi connectivity index (χ3n) is 6.27. The molecule has 0 bridgehead atoms. The van der Waals surface area contributed by atoms with Gasteiger partial charge in [0.25, 0.3) is 11.5 Å². The number of amides is 2. The molecule has 2 aliphatic rings. The number of benzene rings is 1. The fraction of sp³-hybridized carbons (Fsp3) is 0.417. The molecule has 1 aromatic carbocycles. The third-order valence-corrected chi connectivity index (χ3v) is 6.27. The van der Waals surface area contributed by atoms with Crippen LogP contribution in [-0.2, 0) is 28.5 Å². The van der Waals surface area contributed by atoms with Crippen LogP contribution in [0.25, 0.3) is 0 Å². The summed E-state index contributed by atoms with van der Waals surface area (Å²) in [6.45, 7) is 0. The van der Waals surface area contributed by atoms with Gasteiger partial charge in [0.1, 0.15) is 36.3 Å². The Balaban J connectivity index is 1.50. The zero-order valence-corrected chi connectivity index (χ0v) is 21.8. The van der Waals surface area contributed by atoms with Gasteiger partial charge < -0.3 is 50.1 Å². The van der Waals surface area contributed by atoms with Crippen molar-refractivity contribution in [2.45, 2.75) is 55.5 Å². The molecule has 2 amide bonds. The number of aliphatic hydroxyl groups excluding tert-OH is 3. The van der Waals surface area contributed by atoms with Crippen molar-refractivity contribution >= 4 is 17.5 Å². The van der Waals surface area contributed by atoms with E-state index in [2.05, 4.69) is 10.1 Å². The molecular formula is C24H25F3N4O12. The van der Waals surface area contributed by atoms with Gasteiger partial charge in [-0.2, -0.15) is 0 Å². The van der Waals surface area contributed by atoms with Crippen LogP contribution >= 0.6 is 0 Å². The molecule has 1 fully saturated rings. The molecule has 0 spiro atoms. The largest absolute Gasteiger partial charge is 0.573 e. The fourth-order valence-electron chi connectivity index (χ4n) is 4.32. The van der Waals surface area contributed by atoms with Crippen LogP contribution in [0.5, 0.6) is 5.75 Å². The van der Waals surface area contributed by atoms with E-state index in [9.17, 15) is 47.7 Å². The Morgan fingerprint density at radius 3 is 2.37 bits per heavy atom. The van der Waals surface area contributed by atoms with Gasteiger partial charge in [-0.05, 0) is 30.3 Å². The number of primary amides is 1. The number of nitrogens with zero attached hydrogens (tertiary/aromatic N) is 1. The highest BCUT2D eigenvalue weighted by atomic mass is 19.4. The number of aliphatic hydroxyl groups is 3. The van der Waals surface area contributed by atoms with Crippen molar-refractivity contribution in [3.63, 3.8) is 0 Å². The predicted molar refractivity (Wildman–Crippen MR) is 133 cm³/mol. The van der Waals surface area contributed by atoms with Crippen LogP contribution in [0.15, 0.2) is 58.0 Å². The zero-order valence-electron chi connectivity index (χ0n) is 21.8. The summed E-state index contributed by atoms with van der Waals surface area (Å²) in [6.07, 6.45) is -16.6. The van der Waals surface area contributed by atoms with Crippen LogP contribution in [0.3, 0.4) is 0 Å². The molecule has 7 N–H and O–H groups in total. The van der Waals surface area contributed by atoms with Crippen LogP contribution in [0, 0.1) is 0 Å². The maximum Gasteiger partial charge on any atom is 0.573 e. The van der Waals surface area contributed by atoms with Crippen molar-refractivity contribution < 1.29 is 61.8 Å². The second-order valence-corrected chi connectivity index (χ2v) is 9.18. The molecule has 0 unspecified atom stereocenters. The highest BCUT2D eigenvalue weighted by Gasteiger charge is 2.52. The standard InChI is InChI=1S/C24H25F3N4O12/c1-39-16-15(35)21(31-7-6-13(33)30-23(31)38)41-17(16)18(19(28)36)42-22-14(34)11(32)8-12(40-22)20(37)29-9-2-4-10(5-3-9)43-24(25,26)27/h2-8,11,14-18,21-22,32,34-35H,1H3,(H2,28,36)(H,29,37)(H,30,33,38)/t11-,14-,15+,16-,17-,18-,21+,22-/m0/s1. The number of halogens is 3. The number of anilines is 1.